The van der Waals surface area contributed by atoms with Crippen LogP contribution in [-0.2, 0) is 4.74 Å². The third-order valence-electron chi connectivity index (χ3n) is 3.57. The van der Waals surface area contributed by atoms with Crippen LogP contribution >= 0.6 is 0 Å². The molecule has 0 bridgehead atoms. The van der Waals surface area contributed by atoms with Gasteiger partial charge in [0.2, 0.25) is 0 Å². The Hall–Kier alpha value is -0.930. The molecule has 0 heterocycles. The van der Waals surface area contributed by atoms with Gasteiger partial charge in [0.05, 0.1) is 6.10 Å². The van der Waals surface area contributed by atoms with Gasteiger partial charge in [-0.25, -0.2) is 4.39 Å². The first-order chi connectivity index (χ1) is 8.20. The van der Waals surface area contributed by atoms with Gasteiger partial charge in [-0.3, -0.25) is 0 Å². The van der Waals surface area contributed by atoms with Gasteiger partial charge < -0.3 is 10.1 Å². The minimum absolute atomic E-state index is 0.159. The van der Waals surface area contributed by atoms with Crippen molar-refractivity contribution >= 4 is 0 Å². The third-order valence-corrected chi connectivity index (χ3v) is 3.57. The van der Waals surface area contributed by atoms with Gasteiger partial charge in [0.15, 0.2) is 0 Å². The zero-order valence-electron chi connectivity index (χ0n) is 10.4. The Morgan fingerprint density at radius 2 is 2.24 bits per heavy atom. The first-order valence-corrected chi connectivity index (χ1v) is 6.25. The summed E-state index contributed by atoms with van der Waals surface area (Å²) in [6, 6.07) is 7.32. The average molecular weight is 237 g/mol. The Kier molecular flexibility index (Phi) is 4.13. The molecule has 0 amide bonds. The summed E-state index contributed by atoms with van der Waals surface area (Å²) >= 11 is 0. The molecule has 17 heavy (non-hydrogen) atoms. The minimum Gasteiger partial charge on any atom is -0.380 e. The SMILES string of the molecule is COC1CCCC1NC(C)c1cccc(F)c1. The van der Waals surface area contributed by atoms with Crippen LogP contribution in [0.25, 0.3) is 0 Å². The molecule has 94 valence electrons. The summed E-state index contributed by atoms with van der Waals surface area (Å²) < 4.78 is 18.6. The summed E-state index contributed by atoms with van der Waals surface area (Å²) in [7, 11) is 1.76. The molecule has 1 aliphatic rings. The standard InChI is InChI=1S/C14H20FNO/c1-10(11-5-3-6-12(15)9-11)16-13-7-4-8-14(13)17-2/h3,5-6,9-10,13-14,16H,4,7-8H2,1-2H3. The summed E-state index contributed by atoms with van der Waals surface area (Å²) in [6.45, 7) is 2.07. The first kappa shape index (κ1) is 12.5. The van der Waals surface area contributed by atoms with Gasteiger partial charge in [0.1, 0.15) is 5.82 Å². The molecule has 2 nitrogen and oxygen atoms in total. The van der Waals surface area contributed by atoms with E-state index >= 15 is 0 Å². The Morgan fingerprint density at radius 3 is 2.94 bits per heavy atom. The molecule has 0 aliphatic heterocycles. The van der Waals surface area contributed by atoms with Crippen molar-refractivity contribution in [3.8, 4) is 0 Å². The van der Waals surface area contributed by atoms with Gasteiger partial charge in [0.25, 0.3) is 0 Å². The highest BCUT2D eigenvalue weighted by Gasteiger charge is 2.28. The lowest BCUT2D eigenvalue weighted by molar-refractivity contribution is 0.0819. The number of methoxy groups -OCH3 is 1. The van der Waals surface area contributed by atoms with Crippen molar-refractivity contribution in [3.05, 3.63) is 35.6 Å². The number of rotatable bonds is 4. The maximum Gasteiger partial charge on any atom is 0.123 e. The highest BCUT2D eigenvalue weighted by Crippen LogP contribution is 2.24. The molecule has 1 saturated carbocycles. The van der Waals surface area contributed by atoms with E-state index in [0.29, 0.717) is 12.1 Å². The number of halogens is 1. The van der Waals surface area contributed by atoms with E-state index < -0.39 is 0 Å². The second kappa shape index (κ2) is 5.61. The summed E-state index contributed by atoms with van der Waals surface area (Å²) in [4.78, 5) is 0. The highest BCUT2D eigenvalue weighted by atomic mass is 19.1. The largest absolute Gasteiger partial charge is 0.380 e. The predicted octanol–water partition coefficient (Wildman–Crippen LogP) is 3.04. The first-order valence-electron chi connectivity index (χ1n) is 6.25. The van der Waals surface area contributed by atoms with Crippen molar-refractivity contribution in [1.82, 2.24) is 5.32 Å². The minimum atomic E-state index is -0.175. The number of ether oxygens (including phenoxy) is 1. The third kappa shape index (κ3) is 3.05. The summed E-state index contributed by atoms with van der Waals surface area (Å²) in [5.41, 5.74) is 0.992. The van der Waals surface area contributed by atoms with Crippen LogP contribution in [0.2, 0.25) is 0 Å². The van der Waals surface area contributed by atoms with E-state index in [-0.39, 0.29) is 11.9 Å². The predicted molar refractivity (Wildman–Crippen MR) is 66.4 cm³/mol. The lowest BCUT2D eigenvalue weighted by atomic mass is 10.1. The van der Waals surface area contributed by atoms with Crippen LogP contribution in [-0.4, -0.2) is 19.3 Å². The molecule has 1 N–H and O–H groups in total. The van der Waals surface area contributed by atoms with Gasteiger partial charge >= 0.3 is 0 Å². The number of hydrogen-bond acceptors (Lipinski definition) is 2. The van der Waals surface area contributed by atoms with Gasteiger partial charge in [-0.2, -0.15) is 0 Å². The number of hydrogen-bond donors (Lipinski definition) is 1. The summed E-state index contributed by atoms with van der Waals surface area (Å²) in [6.07, 6.45) is 3.75. The van der Waals surface area contributed by atoms with Gasteiger partial charge in [0, 0.05) is 19.2 Å². The Bertz CT molecular complexity index is 369. The number of nitrogens with one attached hydrogen (secondary N) is 1. The fourth-order valence-electron chi connectivity index (χ4n) is 2.59. The Morgan fingerprint density at radius 1 is 1.41 bits per heavy atom. The van der Waals surface area contributed by atoms with E-state index in [1.165, 1.54) is 12.5 Å². The van der Waals surface area contributed by atoms with Crippen LogP contribution < -0.4 is 5.32 Å². The number of benzene rings is 1. The van der Waals surface area contributed by atoms with Gasteiger partial charge in [-0.05, 0) is 43.9 Å². The maximum atomic E-state index is 13.1. The second-order valence-corrected chi connectivity index (χ2v) is 4.75. The molecule has 1 aliphatic carbocycles. The lowest BCUT2D eigenvalue weighted by Crippen LogP contribution is -2.38. The zero-order chi connectivity index (χ0) is 12.3. The van der Waals surface area contributed by atoms with Crippen molar-refractivity contribution in [2.24, 2.45) is 0 Å². The zero-order valence-corrected chi connectivity index (χ0v) is 10.4. The quantitative estimate of drug-likeness (QED) is 0.869. The van der Waals surface area contributed by atoms with E-state index in [4.69, 9.17) is 4.74 Å². The van der Waals surface area contributed by atoms with Crippen molar-refractivity contribution in [2.45, 2.75) is 44.4 Å². The van der Waals surface area contributed by atoms with E-state index in [9.17, 15) is 4.39 Å². The lowest BCUT2D eigenvalue weighted by Gasteiger charge is -2.24. The molecular weight excluding hydrogens is 217 g/mol. The van der Waals surface area contributed by atoms with Crippen LogP contribution in [0.4, 0.5) is 4.39 Å². The molecule has 2 rings (SSSR count). The molecule has 0 spiro atoms. The molecule has 3 unspecified atom stereocenters. The summed E-state index contributed by atoms with van der Waals surface area (Å²) in [5.74, 6) is -0.175. The molecule has 1 aromatic rings. The van der Waals surface area contributed by atoms with E-state index in [1.807, 2.05) is 6.07 Å². The Labute approximate surface area is 102 Å². The normalized spacial score (nSPS) is 26.1. The maximum absolute atomic E-state index is 13.1. The van der Waals surface area contributed by atoms with Crippen LogP contribution in [0.1, 0.15) is 37.8 Å². The van der Waals surface area contributed by atoms with Gasteiger partial charge in [-0.1, -0.05) is 12.1 Å². The van der Waals surface area contributed by atoms with E-state index in [1.54, 1.807) is 19.2 Å². The molecule has 3 atom stereocenters. The topological polar surface area (TPSA) is 21.3 Å². The molecule has 0 radical (unpaired) electrons. The summed E-state index contributed by atoms with van der Waals surface area (Å²) in [5, 5.41) is 3.53. The smallest absolute Gasteiger partial charge is 0.123 e. The highest BCUT2D eigenvalue weighted by molar-refractivity contribution is 5.19. The van der Waals surface area contributed by atoms with Crippen LogP contribution in [0, 0.1) is 5.82 Å². The fourth-order valence-corrected chi connectivity index (χ4v) is 2.59. The van der Waals surface area contributed by atoms with E-state index in [2.05, 4.69) is 12.2 Å². The monoisotopic (exact) mass is 237 g/mol. The molecule has 0 saturated heterocycles. The molecule has 1 aromatic carbocycles. The van der Waals surface area contributed by atoms with Crippen molar-refractivity contribution in [3.63, 3.8) is 0 Å². The molecule has 3 heteroatoms. The van der Waals surface area contributed by atoms with Crippen LogP contribution in [0.3, 0.4) is 0 Å². The van der Waals surface area contributed by atoms with Crippen molar-refractivity contribution < 1.29 is 9.13 Å². The van der Waals surface area contributed by atoms with Crippen LogP contribution in [0.5, 0.6) is 0 Å². The van der Waals surface area contributed by atoms with Crippen molar-refractivity contribution in [1.29, 1.82) is 0 Å². The fraction of sp³-hybridized carbons (Fsp3) is 0.571. The van der Waals surface area contributed by atoms with E-state index in [0.717, 1.165) is 18.4 Å². The van der Waals surface area contributed by atoms with Gasteiger partial charge in [-0.15, -0.1) is 0 Å². The average Bonchev–Trinajstić information content (AvgIpc) is 2.76. The Balaban J connectivity index is 1.99. The molecule has 1 fully saturated rings. The molecular formula is C14H20FNO. The van der Waals surface area contributed by atoms with Crippen molar-refractivity contribution in [2.75, 3.05) is 7.11 Å². The van der Waals surface area contributed by atoms with Crippen LogP contribution in [0.15, 0.2) is 24.3 Å². The second-order valence-electron chi connectivity index (χ2n) is 4.75. The molecule has 0 aromatic heterocycles.